The van der Waals surface area contributed by atoms with Gasteiger partial charge in [0.15, 0.2) is 5.82 Å². The monoisotopic (exact) mass is 441 g/mol. The molecule has 30 heavy (non-hydrogen) atoms. The van der Waals surface area contributed by atoms with Crippen LogP contribution in [0.25, 0.3) is 16.4 Å². The lowest BCUT2D eigenvalue weighted by molar-refractivity contribution is 0.0732. The van der Waals surface area contributed by atoms with Crippen LogP contribution in [-0.2, 0) is 0 Å². The fraction of sp³-hybridized carbons (Fsp3) is 0.238. The summed E-state index contributed by atoms with van der Waals surface area (Å²) in [5.41, 5.74) is 1.56. The molecule has 3 aromatic heterocycles. The predicted octanol–water partition coefficient (Wildman–Crippen LogP) is 5.04. The van der Waals surface area contributed by atoms with E-state index in [1.807, 2.05) is 38.3 Å². The highest BCUT2D eigenvalue weighted by molar-refractivity contribution is 7.13. The Bertz CT molecular complexity index is 1180. The number of amides is 1. The zero-order valence-corrected chi connectivity index (χ0v) is 18.6. The Morgan fingerprint density at radius 3 is 2.50 bits per heavy atom. The molecule has 0 spiro atoms. The fourth-order valence-electron chi connectivity index (χ4n) is 3.17. The number of rotatable bonds is 5. The lowest BCUT2D eigenvalue weighted by Gasteiger charge is -2.23. The summed E-state index contributed by atoms with van der Waals surface area (Å²) < 4.78 is 15.0. The third-order valence-electron chi connectivity index (χ3n) is 4.83. The van der Waals surface area contributed by atoms with E-state index in [0.717, 1.165) is 20.5 Å². The number of thiazole rings is 1. The lowest BCUT2D eigenvalue weighted by Crippen LogP contribution is -2.30. The number of aryl methyl sites for hydroxylation is 2. The molecule has 0 radical (unpaired) electrons. The number of hydrogen-bond acceptors (Lipinski definition) is 6. The fourth-order valence-corrected chi connectivity index (χ4v) is 4.90. The first-order chi connectivity index (χ1) is 14.3. The van der Waals surface area contributed by atoms with Gasteiger partial charge in [-0.2, -0.15) is 0 Å². The standard InChI is InChI=1S/C21H20FN5OS2/c1-12-18(30-14(3)23-12)13(2)26(4)21(28)19-24-20(17-6-5-11-29-17)27(25-19)16-9-7-15(22)8-10-16/h5-11,13H,1-4H3. The minimum Gasteiger partial charge on any atom is -0.331 e. The van der Waals surface area contributed by atoms with Crippen LogP contribution in [0.1, 0.15) is 39.2 Å². The molecule has 1 atom stereocenters. The van der Waals surface area contributed by atoms with Gasteiger partial charge < -0.3 is 4.90 Å². The smallest absolute Gasteiger partial charge is 0.293 e. The number of aromatic nitrogens is 4. The number of carbonyl (C=O) groups is 1. The van der Waals surface area contributed by atoms with Crippen molar-refractivity contribution in [2.75, 3.05) is 7.05 Å². The number of benzene rings is 1. The van der Waals surface area contributed by atoms with Crippen molar-refractivity contribution in [1.82, 2.24) is 24.6 Å². The van der Waals surface area contributed by atoms with Gasteiger partial charge in [-0.3, -0.25) is 4.79 Å². The minimum absolute atomic E-state index is 0.0935. The van der Waals surface area contributed by atoms with E-state index in [1.165, 1.54) is 23.5 Å². The highest BCUT2D eigenvalue weighted by Crippen LogP contribution is 2.30. The summed E-state index contributed by atoms with van der Waals surface area (Å²) in [6, 6.07) is 9.62. The molecule has 0 fully saturated rings. The van der Waals surface area contributed by atoms with Gasteiger partial charge in [-0.05, 0) is 56.5 Å². The highest BCUT2D eigenvalue weighted by Gasteiger charge is 2.27. The number of carbonyl (C=O) groups excluding carboxylic acids is 1. The van der Waals surface area contributed by atoms with E-state index in [-0.39, 0.29) is 23.6 Å². The number of hydrogen-bond donors (Lipinski definition) is 0. The zero-order valence-electron chi connectivity index (χ0n) is 17.0. The molecule has 154 valence electrons. The van der Waals surface area contributed by atoms with Crippen LogP contribution in [0, 0.1) is 19.7 Å². The van der Waals surface area contributed by atoms with Crippen LogP contribution >= 0.6 is 22.7 Å². The minimum atomic E-state index is -0.336. The van der Waals surface area contributed by atoms with E-state index in [1.54, 1.807) is 40.1 Å². The Balaban J connectivity index is 1.72. The molecular weight excluding hydrogens is 421 g/mol. The van der Waals surface area contributed by atoms with Crippen LogP contribution in [0.2, 0.25) is 0 Å². The Labute approximate surface area is 181 Å². The summed E-state index contributed by atoms with van der Waals surface area (Å²) in [6.45, 7) is 5.87. The quantitative estimate of drug-likeness (QED) is 0.435. The van der Waals surface area contributed by atoms with Gasteiger partial charge in [0.2, 0.25) is 5.82 Å². The summed E-state index contributed by atoms with van der Waals surface area (Å²) in [5.74, 6) is 0.0185. The predicted molar refractivity (Wildman–Crippen MR) is 117 cm³/mol. The molecule has 0 aliphatic heterocycles. The lowest BCUT2D eigenvalue weighted by atomic mass is 10.2. The van der Waals surface area contributed by atoms with E-state index in [9.17, 15) is 9.18 Å². The first kappa shape index (κ1) is 20.4. The van der Waals surface area contributed by atoms with Crippen LogP contribution in [0.15, 0.2) is 41.8 Å². The second kappa shape index (κ2) is 8.08. The molecule has 0 saturated carbocycles. The topological polar surface area (TPSA) is 63.9 Å². The molecule has 0 aliphatic carbocycles. The summed E-state index contributed by atoms with van der Waals surface area (Å²) >= 11 is 3.08. The third-order valence-corrected chi connectivity index (χ3v) is 6.94. The Morgan fingerprint density at radius 2 is 1.90 bits per heavy atom. The SMILES string of the molecule is Cc1nc(C)c(C(C)N(C)C(=O)c2nc(-c3cccs3)n(-c3ccc(F)cc3)n2)s1. The molecule has 1 aromatic carbocycles. The van der Waals surface area contributed by atoms with Crippen LogP contribution in [0.5, 0.6) is 0 Å². The van der Waals surface area contributed by atoms with Crippen molar-refractivity contribution in [3.8, 4) is 16.4 Å². The van der Waals surface area contributed by atoms with Crippen molar-refractivity contribution in [2.24, 2.45) is 0 Å². The van der Waals surface area contributed by atoms with Gasteiger partial charge in [-0.25, -0.2) is 19.0 Å². The first-order valence-corrected chi connectivity index (χ1v) is 11.0. The summed E-state index contributed by atoms with van der Waals surface area (Å²) in [6.07, 6.45) is 0. The van der Waals surface area contributed by atoms with Crippen molar-refractivity contribution in [3.05, 3.63) is 69.0 Å². The van der Waals surface area contributed by atoms with Gasteiger partial charge in [0.1, 0.15) is 5.82 Å². The summed E-state index contributed by atoms with van der Waals surface area (Å²) in [4.78, 5) is 25.8. The Kier molecular flexibility index (Phi) is 5.48. The maximum absolute atomic E-state index is 13.4. The van der Waals surface area contributed by atoms with Gasteiger partial charge >= 0.3 is 0 Å². The van der Waals surface area contributed by atoms with E-state index in [2.05, 4.69) is 15.1 Å². The summed E-state index contributed by atoms with van der Waals surface area (Å²) in [5, 5.41) is 7.38. The largest absolute Gasteiger partial charge is 0.331 e. The van der Waals surface area contributed by atoms with Crippen molar-refractivity contribution in [3.63, 3.8) is 0 Å². The molecule has 1 unspecified atom stereocenters. The average Bonchev–Trinajstić information content (AvgIpc) is 3.46. The van der Waals surface area contributed by atoms with Crippen molar-refractivity contribution in [2.45, 2.75) is 26.8 Å². The molecule has 0 bridgehead atoms. The van der Waals surface area contributed by atoms with Gasteiger partial charge in [0.25, 0.3) is 5.91 Å². The van der Waals surface area contributed by atoms with Crippen LogP contribution < -0.4 is 0 Å². The Morgan fingerprint density at radius 1 is 1.17 bits per heavy atom. The first-order valence-electron chi connectivity index (χ1n) is 9.33. The van der Waals surface area contributed by atoms with Gasteiger partial charge in [-0.15, -0.1) is 27.8 Å². The third kappa shape index (κ3) is 3.78. The van der Waals surface area contributed by atoms with Crippen molar-refractivity contribution < 1.29 is 9.18 Å². The summed E-state index contributed by atoms with van der Waals surface area (Å²) in [7, 11) is 1.74. The molecular formula is C21H20FN5OS2. The average molecular weight is 442 g/mol. The van der Waals surface area contributed by atoms with E-state index in [4.69, 9.17) is 0 Å². The maximum Gasteiger partial charge on any atom is 0.293 e. The normalized spacial score (nSPS) is 12.2. The van der Waals surface area contributed by atoms with E-state index < -0.39 is 0 Å². The van der Waals surface area contributed by atoms with Gasteiger partial charge in [-0.1, -0.05) is 6.07 Å². The van der Waals surface area contributed by atoms with Crippen molar-refractivity contribution >= 4 is 28.6 Å². The molecule has 6 nitrogen and oxygen atoms in total. The molecule has 4 aromatic rings. The molecule has 3 heterocycles. The van der Waals surface area contributed by atoms with E-state index in [0.29, 0.717) is 11.5 Å². The van der Waals surface area contributed by atoms with Gasteiger partial charge in [0.05, 0.1) is 27.3 Å². The Hall–Kier alpha value is -2.91. The molecule has 0 N–H and O–H groups in total. The second-order valence-corrected chi connectivity index (χ2v) is 9.08. The molecule has 4 rings (SSSR count). The zero-order chi connectivity index (χ0) is 21.4. The van der Waals surface area contributed by atoms with Crippen LogP contribution in [0.3, 0.4) is 0 Å². The van der Waals surface area contributed by atoms with Crippen LogP contribution in [0.4, 0.5) is 4.39 Å². The molecule has 1 amide bonds. The number of nitrogens with zero attached hydrogens (tertiary/aromatic N) is 5. The number of thiophene rings is 1. The van der Waals surface area contributed by atoms with Crippen molar-refractivity contribution in [1.29, 1.82) is 0 Å². The maximum atomic E-state index is 13.4. The second-order valence-electron chi connectivity index (χ2n) is 6.90. The van der Waals surface area contributed by atoms with E-state index >= 15 is 0 Å². The molecule has 9 heteroatoms. The molecule has 0 aliphatic rings. The highest BCUT2D eigenvalue weighted by atomic mass is 32.1. The van der Waals surface area contributed by atoms with Gasteiger partial charge in [0, 0.05) is 11.9 Å². The molecule has 0 saturated heterocycles. The van der Waals surface area contributed by atoms with Crippen LogP contribution in [-0.4, -0.2) is 37.6 Å². The number of halogens is 1.